The maximum Gasteiger partial charge on any atom is 0.226 e. The first-order chi connectivity index (χ1) is 12.1. The fourth-order valence-electron chi connectivity index (χ4n) is 3.46. The van der Waals surface area contributed by atoms with E-state index in [1.807, 2.05) is 44.2 Å². The first-order valence-corrected chi connectivity index (χ1v) is 8.48. The molecule has 128 valence electrons. The third-order valence-corrected chi connectivity index (χ3v) is 4.60. The highest BCUT2D eigenvalue weighted by Gasteiger charge is 2.23. The number of carbonyl (C=O) groups is 1. The zero-order valence-electron chi connectivity index (χ0n) is 14.3. The molecule has 3 aromatic rings. The molecular formula is C20H20N2O3. The normalized spacial score (nSPS) is 16.3. The Kier molecular flexibility index (Phi) is 3.92. The third-order valence-electron chi connectivity index (χ3n) is 4.60. The van der Waals surface area contributed by atoms with Crippen LogP contribution in [-0.4, -0.2) is 17.7 Å². The summed E-state index contributed by atoms with van der Waals surface area (Å²) in [5.74, 6) is 0.785. The van der Waals surface area contributed by atoms with E-state index in [4.69, 9.17) is 9.26 Å². The van der Waals surface area contributed by atoms with E-state index in [2.05, 4.69) is 16.5 Å². The molecule has 0 radical (unpaired) electrons. The molecule has 1 amide bonds. The highest BCUT2D eigenvalue weighted by Crippen LogP contribution is 2.31. The Hall–Kier alpha value is -2.82. The van der Waals surface area contributed by atoms with E-state index in [1.165, 1.54) is 0 Å². The van der Waals surface area contributed by atoms with Crippen molar-refractivity contribution in [3.63, 3.8) is 0 Å². The van der Waals surface area contributed by atoms with E-state index in [0.29, 0.717) is 12.3 Å². The third kappa shape index (κ3) is 2.97. The summed E-state index contributed by atoms with van der Waals surface area (Å²) >= 11 is 0. The van der Waals surface area contributed by atoms with Crippen molar-refractivity contribution in [1.29, 1.82) is 0 Å². The lowest BCUT2D eigenvalue weighted by Crippen LogP contribution is -2.33. The number of fused-ring (bicyclic) bond motifs is 2. The van der Waals surface area contributed by atoms with Crippen LogP contribution in [0.3, 0.4) is 0 Å². The predicted octanol–water partition coefficient (Wildman–Crippen LogP) is 3.63. The molecule has 1 aromatic heterocycles. The van der Waals surface area contributed by atoms with E-state index in [0.717, 1.165) is 39.8 Å². The SMILES string of the molecule is Cc1cc(C)c2onc(CC(=O)NC3CCOc4ccccc43)c2c1. The van der Waals surface area contributed by atoms with Gasteiger partial charge in [-0.3, -0.25) is 4.79 Å². The lowest BCUT2D eigenvalue weighted by Gasteiger charge is -2.26. The van der Waals surface area contributed by atoms with Gasteiger partial charge >= 0.3 is 0 Å². The second-order valence-corrected chi connectivity index (χ2v) is 6.56. The van der Waals surface area contributed by atoms with E-state index >= 15 is 0 Å². The zero-order chi connectivity index (χ0) is 17.4. The molecule has 0 saturated heterocycles. The highest BCUT2D eigenvalue weighted by atomic mass is 16.5. The molecule has 0 fully saturated rings. The number of nitrogens with one attached hydrogen (secondary N) is 1. The minimum Gasteiger partial charge on any atom is -0.493 e. The minimum absolute atomic E-state index is 0.0286. The van der Waals surface area contributed by atoms with Gasteiger partial charge in [0.05, 0.1) is 19.1 Å². The Morgan fingerprint density at radius 3 is 3.00 bits per heavy atom. The summed E-state index contributed by atoms with van der Waals surface area (Å²) in [4.78, 5) is 12.6. The molecule has 1 aliphatic heterocycles. The van der Waals surface area contributed by atoms with Gasteiger partial charge in [0.25, 0.3) is 0 Å². The van der Waals surface area contributed by atoms with Gasteiger partial charge in [-0.1, -0.05) is 29.4 Å². The van der Waals surface area contributed by atoms with Crippen LogP contribution >= 0.6 is 0 Å². The second kappa shape index (κ2) is 6.24. The number of ether oxygens (including phenoxy) is 1. The molecule has 1 N–H and O–H groups in total. The van der Waals surface area contributed by atoms with Gasteiger partial charge in [-0.2, -0.15) is 0 Å². The molecule has 25 heavy (non-hydrogen) atoms. The Bertz CT molecular complexity index is 945. The van der Waals surface area contributed by atoms with Crippen molar-refractivity contribution < 1.29 is 14.1 Å². The van der Waals surface area contributed by atoms with Crippen LogP contribution in [0.15, 0.2) is 40.9 Å². The number of aryl methyl sites for hydroxylation is 2. The summed E-state index contributed by atoms with van der Waals surface area (Å²) in [6.45, 7) is 4.62. The summed E-state index contributed by atoms with van der Waals surface area (Å²) < 4.78 is 11.1. The van der Waals surface area contributed by atoms with Crippen molar-refractivity contribution in [2.75, 3.05) is 6.61 Å². The monoisotopic (exact) mass is 336 g/mol. The van der Waals surface area contributed by atoms with Crippen molar-refractivity contribution >= 4 is 16.9 Å². The fourth-order valence-corrected chi connectivity index (χ4v) is 3.46. The number of nitrogens with zero attached hydrogens (tertiary/aromatic N) is 1. The second-order valence-electron chi connectivity index (χ2n) is 6.56. The lowest BCUT2D eigenvalue weighted by molar-refractivity contribution is -0.121. The van der Waals surface area contributed by atoms with Crippen LogP contribution in [0.1, 0.15) is 34.8 Å². The molecule has 4 rings (SSSR count). The Balaban J connectivity index is 1.54. The number of carbonyl (C=O) groups excluding carboxylic acids is 1. The number of para-hydroxylation sites is 1. The van der Waals surface area contributed by atoms with Crippen LogP contribution in [0.2, 0.25) is 0 Å². The topological polar surface area (TPSA) is 64.4 Å². The van der Waals surface area contributed by atoms with Gasteiger partial charge in [-0.05, 0) is 37.1 Å². The van der Waals surface area contributed by atoms with Gasteiger partial charge in [0.1, 0.15) is 11.4 Å². The van der Waals surface area contributed by atoms with Crippen LogP contribution in [0, 0.1) is 13.8 Å². The van der Waals surface area contributed by atoms with Crippen LogP contribution in [0.25, 0.3) is 11.0 Å². The molecule has 1 unspecified atom stereocenters. The predicted molar refractivity (Wildman–Crippen MR) is 94.6 cm³/mol. The molecule has 2 heterocycles. The number of aromatic nitrogens is 1. The van der Waals surface area contributed by atoms with Crippen LogP contribution in [0.5, 0.6) is 5.75 Å². The van der Waals surface area contributed by atoms with Gasteiger partial charge < -0.3 is 14.6 Å². The molecule has 0 bridgehead atoms. The first-order valence-electron chi connectivity index (χ1n) is 8.48. The van der Waals surface area contributed by atoms with Gasteiger partial charge in [-0.15, -0.1) is 0 Å². The van der Waals surface area contributed by atoms with Crippen molar-refractivity contribution in [3.8, 4) is 5.75 Å². The van der Waals surface area contributed by atoms with Crippen molar-refractivity contribution in [1.82, 2.24) is 10.5 Å². The van der Waals surface area contributed by atoms with Crippen LogP contribution in [-0.2, 0) is 11.2 Å². The van der Waals surface area contributed by atoms with Crippen molar-refractivity contribution in [3.05, 3.63) is 58.8 Å². The Morgan fingerprint density at radius 2 is 2.12 bits per heavy atom. The van der Waals surface area contributed by atoms with E-state index in [9.17, 15) is 4.79 Å². The summed E-state index contributed by atoms with van der Waals surface area (Å²) in [7, 11) is 0. The molecule has 1 aliphatic rings. The van der Waals surface area contributed by atoms with Gasteiger partial charge in [0, 0.05) is 17.4 Å². The smallest absolute Gasteiger partial charge is 0.226 e. The molecule has 0 aliphatic carbocycles. The average molecular weight is 336 g/mol. The number of hydrogen-bond acceptors (Lipinski definition) is 4. The molecule has 0 saturated carbocycles. The van der Waals surface area contributed by atoms with E-state index in [1.54, 1.807) is 0 Å². The van der Waals surface area contributed by atoms with Gasteiger partial charge in [0.2, 0.25) is 5.91 Å². The summed E-state index contributed by atoms with van der Waals surface area (Å²) in [5.41, 5.74) is 4.63. The number of hydrogen-bond donors (Lipinski definition) is 1. The highest BCUT2D eigenvalue weighted by molar-refractivity contribution is 5.88. The van der Waals surface area contributed by atoms with E-state index < -0.39 is 0 Å². The molecular weight excluding hydrogens is 316 g/mol. The minimum atomic E-state index is -0.0592. The molecule has 5 heteroatoms. The quantitative estimate of drug-likeness (QED) is 0.793. The molecule has 2 aromatic carbocycles. The van der Waals surface area contributed by atoms with Crippen LogP contribution in [0.4, 0.5) is 0 Å². The summed E-state index contributed by atoms with van der Waals surface area (Å²) in [6, 6.07) is 11.9. The standard InChI is InChI=1S/C20H20N2O3/c1-12-9-13(2)20-15(10-12)17(22-25-20)11-19(23)21-16-7-8-24-18-6-4-3-5-14(16)18/h3-6,9-10,16H,7-8,11H2,1-2H3,(H,21,23). The Morgan fingerprint density at radius 1 is 1.28 bits per heavy atom. The average Bonchev–Trinajstić information content (AvgIpc) is 2.98. The van der Waals surface area contributed by atoms with Crippen molar-refractivity contribution in [2.45, 2.75) is 32.7 Å². The maximum absolute atomic E-state index is 12.6. The number of benzene rings is 2. The molecule has 1 atom stereocenters. The lowest BCUT2D eigenvalue weighted by atomic mass is 10.00. The van der Waals surface area contributed by atoms with Gasteiger partial charge in [0.15, 0.2) is 5.58 Å². The summed E-state index contributed by atoms with van der Waals surface area (Å²) in [6.07, 6.45) is 0.968. The van der Waals surface area contributed by atoms with Crippen molar-refractivity contribution in [2.24, 2.45) is 0 Å². The fraction of sp³-hybridized carbons (Fsp3) is 0.300. The Labute approximate surface area is 146 Å². The molecule has 0 spiro atoms. The number of amides is 1. The summed E-state index contributed by atoms with van der Waals surface area (Å²) in [5, 5.41) is 8.14. The first kappa shape index (κ1) is 15.7. The maximum atomic E-state index is 12.6. The van der Waals surface area contributed by atoms with E-state index in [-0.39, 0.29) is 18.4 Å². The number of rotatable bonds is 3. The largest absolute Gasteiger partial charge is 0.493 e. The van der Waals surface area contributed by atoms with Crippen LogP contribution < -0.4 is 10.1 Å². The molecule has 5 nitrogen and oxygen atoms in total. The van der Waals surface area contributed by atoms with Gasteiger partial charge in [-0.25, -0.2) is 0 Å². The zero-order valence-corrected chi connectivity index (χ0v) is 14.3.